The standard InChI is InChI=1S/C34H34N4O4.Mg.2H/c1-7-21-17(3)25-13-26-19(5)23(9-11-33(39)40)31(37-26)16-32-24(10-12-34(41)42)20(6)28(38-32)15-30-22(8-2)18(4)27(36-30)14-29(21)35-25;;;/h7-8,13-16,35,38H,1-2,9-12H2,3-6H3,(H,39,40)(H,41,42);;;. The number of nitrogens with zero attached hydrogens (tertiary/aromatic N) is 2. The van der Waals surface area contributed by atoms with E-state index in [1.165, 1.54) is 0 Å². The molecule has 9 heteroatoms. The monoisotopic (exact) mass is 588 g/mol. The molecule has 0 aliphatic carbocycles. The van der Waals surface area contributed by atoms with Crippen LogP contribution in [0.1, 0.15) is 78.1 Å². The highest BCUT2D eigenvalue weighted by atomic mass is 24.3. The molecule has 0 saturated heterocycles. The summed E-state index contributed by atoms with van der Waals surface area (Å²) in [7, 11) is 0. The van der Waals surface area contributed by atoms with E-state index in [1.54, 1.807) is 6.08 Å². The number of aliphatic carboxylic acids is 2. The molecule has 0 spiro atoms. The van der Waals surface area contributed by atoms with E-state index in [9.17, 15) is 19.8 Å². The summed E-state index contributed by atoms with van der Waals surface area (Å²) in [5, 5.41) is 18.9. The normalized spacial score (nSPS) is 12.7. The molecule has 5 rings (SSSR count). The first-order chi connectivity index (χ1) is 20.0. The van der Waals surface area contributed by atoms with E-state index in [4.69, 9.17) is 9.97 Å². The number of H-pyrrole nitrogens is 2. The lowest BCUT2D eigenvalue weighted by atomic mass is 10.0. The van der Waals surface area contributed by atoms with E-state index >= 15 is 0 Å². The zero-order valence-corrected chi connectivity index (χ0v) is 24.3. The van der Waals surface area contributed by atoms with Crippen molar-refractivity contribution in [2.24, 2.45) is 0 Å². The molecule has 3 aromatic heterocycles. The van der Waals surface area contributed by atoms with Gasteiger partial charge in [-0.3, -0.25) is 9.59 Å². The number of allylic oxidation sites excluding steroid dienone is 5. The maximum Gasteiger partial charge on any atom is 0.316 e. The molecule has 8 nitrogen and oxygen atoms in total. The smallest absolute Gasteiger partial charge is 0.316 e. The van der Waals surface area contributed by atoms with Gasteiger partial charge < -0.3 is 20.2 Å². The second-order valence-electron chi connectivity index (χ2n) is 10.7. The Bertz CT molecular complexity index is 1920. The number of carbonyl (C=O) groups is 2. The van der Waals surface area contributed by atoms with E-state index in [2.05, 4.69) is 23.1 Å². The molecule has 3 aromatic rings. The summed E-state index contributed by atoms with van der Waals surface area (Å²) < 4.78 is 0. The maximum atomic E-state index is 11.5. The van der Waals surface area contributed by atoms with Gasteiger partial charge in [-0.15, -0.1) is 0 Å². The first kappa shape index (κ1) is 31.7. The Morgan fingerprint density at radius 2 is 1.26 bits per heavy atom. The Hall–Kier alpha value is -4.21. The van der Waals surface area contributed by atoms with Crippen LogP contribution in [0.4, 0.5) is 0 Å². The molecule has 0 saturated carbocycles. The average Bonchev–Trinajstić information content (AvgIpc) is 3.59. The van der Waals surface area contributed by atoms with Crippen molar-refractivity contribution in [3.05, 3.63) is 88.5 Å². The highest BCUT2D eigenvalue weighted by Crippen LogP contribution is 2.36. The molecule has 0 amide bonds. The van der Waals surface area contributed by atoms with Gasteiger partial charge in [0.1, 0.15) is 0 Å². The van der Waals surface area contributed by atoms with Gasteiger partial charge in [-0.1, -0.05) is 25.3 Å². The van der Waals surface area contributed by atoms with Gasteiger partial charge in [-0.2, -0.15) is 0 Å². The molecule has 0 radical (unpaired) electrons. The van der Waals surface area contributed by atoms with Crippen LogP contribution in [0.2, 0.25) is 0 Å². The fraction of sp³-hybridized carbons (Fsp3) is 0.235. The predicted octanol–water partition coefficient (Wildman–Crippen LogP) is 6.59. The number of fused-ring (bicyclic) bond motifs is 8. The van der Waals surface area contributed by atoms with Crippen LogP contribution < -0.4 is 0 Å². The second-order valence-corrected chi connectivity index (χ2v) is 10.7. The van der Waals surface area contributed by atoms with Crippen LogP contribution in [0, 0.1) is 13.8 Å². The SMILES string of the molecule is C=CC1=C(C)c2cc3[nH]c(cc4nc(cc5[nH]c(cc1n2)c(C)c5CCC(=O)O)C(CCC(=O)O)=C4C)c(C)c3C=C.[MgH2]. The Morgan fingerprint density at radius 3 is 1.91 bits per heavy atom. The van der Waals surface area contributed by atoms with Crippen molar-refractivity contribution < 1.29 is 19.8 Å². The number of hydrogen-bond donors (Lipinski definition) is 4. The van der Waals surface area contributed by atoms with Crippen LogP contribution in [-0.2, 0) is 16.0 Å². The molecule has 218 valence electrons. The highest BCUT2D eigenvalue weighted by molar-refractivity contribution is 5.98. The quantitative estimate of drug-likeness (QED) is 0.220. The van der Waals surface area contributed by atoms with Gasteiger partial charge >= 0.3 is 35.0 Å². The summed E-state index contributed by atoms with van der Waals surface area (Å²) in [6, 6.07) is 7.88. The van der Waals surface area contributed by atoms with Crippen molar-refractivity contribution >= 4 is 85.4 Å². The minimum Gasteiger partial charge on any atom is -0.481 e. The van der Waals surface area contributed by atoms with Crippen LogP contribution in [0.15, 0.2) is 43.5 Å². The van der Waals surface area contributed by atoms with Gasteiger partial charge in [0.25, 0.3) is 0 Å². The summed E-state index contributed by atoms with van der Waals surface area (Å²) >= 11 is 0. The molecule has 0 fully saturated rings. The summed E-state index contributed by atoms with van der Waals surface area (Å²) in [6.45, 7) is 16.0. The zero-order valence-electron chi connectivity index (χ0n) is 24.3. The molecular weight excluding hydrogens is 553 g/mol. The molecule has 0 atom stereocenters. The van der Waals surface area contributed by atoms with Crippen LogP contribution in [-0.4, -0.2) is 65.1 Å². The third-order valence-electron chi connectivity index (χ3n) is 8.22. The number of aromatic amines is 2. The summed E-state index contributed by atoms with van der Waals surface area (Å²) in [5.74, 6) is -1.76. The lowest BCUT2D eigenvalue weighted by Gasteiger charge is -2.03. The van der Waals surface area contributed by atoms with E-state index < -0.39 is 11.9 Å². The highest BCUT2D eigenvalue weighted by Gasteiger charge is 2.20. The summed E-state index contributed by atoms with van der Waals surface area (Å²) in [6.07, 6.45) is 4.22. The second kappa shape index (κ2) is 12.6. The van der Waals surface area contributed by atoms with Crippen molar-refractivity contribution in [2.75, 3.05) is 0 Å². The van der Waals surface area contributed by atoms with Crippen LogP contribution in [0.5, 0.6) is 0 Å². The lowest BCUT2D eigenvalue weighted by Crippen LogP contribution is -1.98. The first-order valence-electron chi connectivity index (χ1n) is 13.9. The van der Waals surface area contributed by atoms with Crippen molar-refractivity contribution in [1.29, 1.82) is 0 Å². The largest absolute Gasteiger partial charge is 0.481 e. The Morgan fingerprint density at radius 1 is 0.721 bits per heavy atom. The molecule has 2 aliphatic rings. The maximum absolute atomic E-state index is 11.5. The Labute approximate surface area is 266 Å². The minimum absolute atomic E-state index is 0. The number of aromatic nitrogens is 4. The number of carboxylic acids is 2. The van der Waals surface area contributed by atoms with E-state index in [1.807, 2.05) is 58.0 Å². The van der Waals surface area contributed by atoms with Crippen LogP contribution in [0.25, 0.3) is 50.4 Å². The number of hydrogen-bond acceptors (Lipinski definition) is 4. The molecule has 8 bridgehead atoms. The molecule has 4 N–H and O–H groups in total. The van der Waals surface area contributed by atoms with E-state index in [0.29, 0.717) is 18.5 Å². The average molecular weight is 589 g/mol. The minimum atomic E-state index is -0.883. The molecule has 5 heterocycles. The molecule has 43 heavy (non-hydrogen) atoms. The van der Waals surface area contributed by atoms with Gasteiger partial charge in [-0.25, -0.2) is 9.97 Å². The molecule has 0 aromatic carbocycles. The summed E-state index contributed by atoms with van der Waals surface area (Å²) in [4.78, 5) is 40.0. The molecule has 2 aliphatic heterocycles. The van der Waals surface area contributed by atoms with Gasteiger partial charge in [0.05, 0.1) is 22.8 Å². The van der Waals surface area contributed by atoms with Crippen molar-refractivity contribution in [3.8, 4) is 0 Å². The number of rotatable bonds is 8. The fourth-order valence-electron chi connectivity index (χ4n) is 5.77. The van der Waals surface area contributed by atoms with E-state index in [-0.39, 0.29) is 35.9 Å². The van der Waals surface area contributed by atoms with Gasteiger partial charge in [0.2, 0.25) is 0 Å². The zero-order chi connectivity index (χ0) is 30.3. The predicted molar refractivity (Wildman–Crippen MR) is 177 cm³/mol. The third-order valence-corrected chi connectivity index (χ3v) is 8.22. The fourth-order valence-corrected chi connectivity index (χ4v) is 5.77. The first-order valence-corrected chi connectivity index (χ1v) is 13.9. The van der Waals surface area contributed by atoms with Gasteiger partial charge in [0, 0.05) is 46.0 Å². The number of aryl methyl sites for hydroxylation is 3. The Balaban J connectivity index is 0.00000423. The van der Waals surface area contributed by atoms with Crippen LogP contribution >= 0.6 is 0 Å². The number of nitrogens with one attached hydrogen (secondary N) is 2. The van der Waals surface area contributed by atoms with Crippen molar-refractivity contribution in [3.63, 3.8) is 0 Å². The van der Waals surface area contributed by atoms with Crippen molar-refractivity contribution in [2.45, 2.75) is 53.4 Å². The van der Waals surface area contributed by atoms with Gasteiger partial charge in [-0.05, 0) is 98.2 Å². The third kappa shape index (κ3) is 6.00. The topological polar surface area (TPSA) is 132 Å². The van der Waals surface area contributed by atoms with Crippen LogP contribution in [0.3, 0.4) is 0 Å². The summed E-state index contributed by atoms with van der Waals surface area (Å²) in [5.41, 5.74) is 13.7. The Kier molecular flexibility index (Phi) is 9.27. The number of carboxylic acid groups (broad SMARTS) is 2. The molecule has 0 unspecified atom stereocenters. The van der Waals surface area contributed by atoms with E-state index in [0.717, 1.165) is 83.7 Å². The van der Waals surface area contributed by atoms with Gasteiger partial charge in [0.15, 0.2) is 0 Å². The lowest BCUT2D eigenvalue weighted by molar-refractivity contribution is -0.137. The van der Waals surface area contributed by atoms with Crippen molar-refractivity contribution in [1.82, 2.24) is 19.9 Å². The molecular formula is C34H36MgN4O4.